The number of carbonyl (C=O) groups excluding carboxylic acids is 3. The summed E-state index contributed by atoms with van der Waals surface area (Å²) in [5.74, 6) is -1.39. The van der Waals surface area contributed by atoms with Crippen LogP contribution in [0, 0.1) is 0 Å². The number of hydrogen-bond acceptors (Lipinski definition) is 5. The lowest BCUT2D eigenvalue weighted by atomic mass is 10.2. The molecule has 0 bridgehead atoms. The van der Waals surface area contributed by atoms with Gasteiger partial charge in [-0.25, -0.2) is 4.79 Å². The minimum absolute atomic E-state index is 0.143. The number of ether oxygens (including phenoxy) is 2. The predicted octanol–water partition coefficient (Wildman–Crippen LogP) is 1.13. The first-order chi connectivity index (χ1) is 8.58. The number of rotatable bonds is 5. The highest BCUT2D eigenvalue weighted by Gasteiger charge is 2.11. The fourth-order valence-corrected chi connectivity index (χ4v) is 1.18. The summed E-state index contributed by atoms with van der Waals surface area (Å²) in [5, 5.41) is 0. The molecule has 0 radical (unpaired) electrons. The summed E-state index contributed by atoms with van der Waals surface area (Å²) in [6, 6.07) is 9.13. The monoisotopic (exact) mass is 251 g/mol. The molecule has 0 aliphatic carbocycles. The highest BCUT2D eigenvalue weighted by molar-refractivity contribution is 5.85. The molecule has 0 aromatic heterocycles. The normalized spacial score (nSPS) is 9.56. The molecule has 6 heteroatoms. The average Bonchev–Trinajstić information content (AvgIpc) is 2.34. The molecule has 0 aliphatic heterocycles. The highest BCUT2D eigenvalue weighted by Crippen LogP contribution is 2.03. The average molecular weight is 251 g/mol. The standard InChI is InChI=1S/C12H13NO5/c13-12(16)18-11(15)7-6-10(14)17-8-9-4-2-1-3-5-9/h1-5H,6-8H2,(H2,13,16). The first-order valence-electron chi connectivity index (χ1n) is 5.27. The van der Waals surface area contributed by atoms with E-state index in [4.69, 9.17) is 4.74 Å². The molecule has 1 amide bonds. The van der Waals surface area contributed by atoms with Crippen LogP contribution in [0.5, 0.6) is 0 Å². The first-order valence-corrected chi connectivity index (χ1v) is 5.27. The Morgan fingerprint density at radius 2 is 1.61 bits per heavy atom. The maximum atomic E-state index is 11.3. The third kappa shape index (κ3) is 5.64. The van der Waals surface area contributed by atoms with Crippen molar-refractivity contribution in [1.82, 2.24) is 0 Å². The van der Waals surface area contributed by atoms with Crippen LogP contribution in [0.3, 0.4) is 0 Å². The van der Waals surface area contributed by atoms with Crippen LogP contribution >= 0.6 is 0 Å². The maximum absolute atomic E-state index is 11.3. The van der Waals surface area contributed by atoms with Crippen LogP contribution in [0.25, 0.3) is 0 Å². The number of hydrogen-bond donors (Lipinski definition) is 1. The Morgan fingerprint density at radius 1 is 1.00 bits per heavy atom. The molecule has 18 heavy (non-hydrogen) atoms. The van der Waals surface area contributed by atoms with Gasteiger partial charge in [0.2, 0.25) is 0 Å². The lowest BCUT2D eigenvalue weighted by Gasteiger charge is -2.04. The van der Waals surface area contributed by atoms with Crippen molar-refractivity contribution in [3.8, 4) is 0 Å². The molecular formula is C12H13NO5. The van der Waals surface area contributed by atoms with Crippen molar-refractivity contribution >= 4 is 18.0 Å². The van der Waals surface area contributed by atoms with Gasteiger partial charge < -0.3 is 15.2 Å². The number of nitrogens with two attached hydrogens (primary N) is 1. The summed E-state index contributed by atoms with van der Waals surface area (Å²) >= 11 is 0. The van der Waals surface area contributed by atoms with Gasteiger partial charge in [0, 0.05) is 0 Å². The van der Waals surface area contributed by atoms with Gasteiger partial charge in [0.15, 0.2) is 0 Å². The van der Waals surface area contributed by atoms with Gasteiger partial charge in [0.25, 0.3) is 0 Å². The second kappa shape index (κ2) is 7.05. The highest BCUT2D eigenvalue weighted by atomic mass is 16.6. The zero-order valence-electron chi connectivity index (χ0n) is 9.63. The van der Waals surface area contributed by atoms with Crippen molar-refractivity contribution in [2.75, 3.05) is 0 Å². The van der Waals surface area contributed by atoms with Crippen molar-refractivity contribution in [3.05, 3.63) is 35.9 Å². The van der Waals surface area contributed by atoms with Gasteiger partial charge in [0.05, 0.1) is 12.8 Å². The quantitative estimate of drug-likeness (QED) is 0.625. The summed E-state index contributed by atoms with van der Waals surface area (Å²) in [5.41, 5.74) is 5.49. The Hall–Kier alpha value is -2.37. The zero-order chi connectivity index (χ0) is 13.4. The van der Waals surface area contributed by atoms with Gasteiger partial charge in [-0.15, -0.1) is 0 Å². The van der Waals surface area contributed by atoms with Gasteiger partial charge in [-0.3, -0.25) is 9.59 Å². The minimum Gasteiger partial charge on any atom is -0.461 e. The zero-order valence-corrected chi connectivity index (χ0v) is 9.63. The molecule has 1 aromatic rings. The van der Waals surface area contributed by atoms with Crippen molar-refractivity contribution in [2.45, 2.75) is 19.4 Å². The van der Waals surface area contributed by atoms with E-state index in [1.807, 2.05) is 30.3 Å². The van der Waals surface area contributed by atoms with Crippen LogP contribution in [-0.4, -0.2) is 18.0 Å². The molecule has 0 saturated carbocycles. The maximum Gasteiger partial charge on any atom is 0.412 e. The van der Waals surface area contributed by atoms with E-state index in [0.29, 0.717) is 0 Å². The van der Waals surface area contributed by atoms with Gasteiger partial charge in [0.1, 0.15) is 6.61 Å². The minimum atomic E-state index is -1.18. The van der Waals surface area contributed by atoms with E-state index >= 15 is 0 Å². The number of carbonyl (C=O) groups is 3. The van der Waals surface area contributed by atoms with E-state index in [9.17, 15) is 14.4 Å². The second-order valence-corrected chi connectivity index (χ2v) is 3.44. The Balaban J connectivity index is 2.22. The smallest absolute Gasteiger partial charge is 0.412 e. The topological polar surface area (TPSA) is 95.7 Å². The molecule has 0 fully saturated rings. The van der Waals surface area contributed by atoms with Crippen molar-refractivity contribution in [1.29, 1.82) is 0 Å². The summed E-state index contributed by atoms with van der Waals surface area (Å²) < 4.78 is 8.98. The predicted molar refractivity (Wildman–Crippen MR) is 61.1 cm³/mol. The SMILES string of the molecule is NC(=O)OC(=O)CCC(=O)OCc1ccccc1. The molecule has 2 N–H and O–H groups in total. The lowest BCUT2D eigenvalue weighted by molar-refractivity contribution is -0.148. The molecule has 1 aromatic carbocycles. The number of amides is 1. The van der Waals surface area contributed by atoms with Crippen LogP contribution in [0.4, 0.5) is 4.79 Å². The summed E-state index contributed by atoms with van der Waals surface area (Å²) in [6.07, 6.45) is -1.58. The van der Waals surface area contributed by atoms with Crippen molar-refractivity contribution in [3.63, 3.8) is 0 Å². The van der Waals surface area contributed by atoms with Crippen LogP contribution < -0.4 is 5.73 Å². The largest absolute Gasteiger partial charge is 0.461 e. The van der Waals surface area contributed by atoms with Crippen molar-refractivity contribution < 1.29 is 23.9 Å². The molecule has 96 valence electrons. The fourth-order valence-electron chi connectivity index (χ4n) is 1.18. The molecule has 6 nitrogen and oxygen atoms in total. The Bertz CT molecular complexity index is 429. The van der Waals surface area contributed by atoms with Gasteiger partial charge in [-0.05, 0) is 5.56 Å². The Labute approximate surface area is 104 Å². The molecule has 0 heterocycles. The number of esters is 2. The van der Waals surface area contributed by atoms with E-state index in [1.54, 1.807) is 0 Å². The first kappa shape index (κ1) is 13.7. The number of benzene rings is 1. The van der Waals surface area contributed by atoms with Crippen LogP contribution in [0.15, 0.2) is 30.3 Å². The molecule has 0 unspecified atom stereocenters. The molecule has 0 spiro atoms. The van der Waals surface area contributed by atoms with Crippen LogP contribution in [0.2, 0.25) is 0 Å². The third-order valence-electron chi connectivity index (χ3n) is 1.99. The van der Waals surface area contributed by atoms with Gasteiger partial charge in [-0.1, -0.05) is 30.3 Å². The Morgan fingerprint density at radius 3 is 2.22 bits per heavy atom. The molecule has 0 saturated heterocycles. The van der Waals surface area contributed by atoms with Gasteiger partial charge in [-0.2, -0.15) is 0 Å². The summed E-state index contributed by atoms with van der Waals surface area (Å²) in [7, 11) is 0. The fraction of sp³-hybridized carbons (Fsp3) is 0.250. The van der Waals surface area contributed by atoms with Crippen LogP contribution in [-0.2, 0) is 25.7 Å². The van der Waals surface area contributed by atoms with Crippen LogP contribution in [0.1, 0.15) is 18.4 Å². The summed E-state index contributed by atoms with van der Waals surface area (Å²) in [6.45, 7) is 0.143. The lowest BCUT2D eigenvalue weighted by Crippen LogP contribution is -2.19. The third-order valence-corrected chi connectivity index (χ3v) is 1.99. The molecule has 1 rings (SSSR count). The van der Waals surface area contributed by atoms with E-state index < -0.39 is 18.0 Å². The van der Waals surface area contributed by atoms with Gasteiger partial charge >= 0.3 is 18.0 Å². The van der Waals surface area contributed by atoms with E-state index in [-0.39, 0.29) is 19.4 Å². The molecular weight excluding hydrogens is 238 g/mol. The van der Waals surface area contributed by atoms with E-state index in [2.05, 4.69) is 10.5 Å². The van der Waals surface area contributed by atoms with Crippen molar-refractivity contribution in [2.24, 2.45) is 5.73 Å². The van der Waals surface area contributed by atoms with E-state index in [0.717, 1.165) is 5.56 Å². The number of primary amides is 1. The molecule has 0 atom stereocenters. The Kier molecular flexibility index (Phi) is 5.37. The summed E-state index contributed by atoms with van der Waals surface area (Å²) in [4.78, 5) is 32.4. The second-order valence-electron chi connectivity index (χ2n) is 3.44. The van der Waals surface area contributed by atoms with E-state index in [1.165, 1.54) is 0 Å². The molecule has 0 aliphatic rings.